The highest BCUT2D eigenvalue weighted by Crippen LogP contribution is 2.30. The second kappa shape index (κ2) is 8.24. The highest BCUT2D eigenvalue weighted by molar-refractivity contribution is 7.09. The van der Waals surface area contributed by atoms with Crippen LogP contribution in [0.15, 0.2) is 10.4 Å². The molecule has 0 saturated carbocycles. The van der Waals surface area contributed by atoms with Crippen molar-refractivity contribution in [3.63, 3.8) is 0 Å². The maximum absolute atomic E-state index is 12.6. The predicted octanol–water partition coefficient (Wildman–Crippen LogP) is 2.39. The molecule has 0 spiro atoms. The highest BCUT2D eigenvalue weighted by Gasteiger charge is 2.33. The number of hydrogen-bond acceptors (Lipinski definition) is 5. The van der Waals surface area contributed by atoms with E-state index in [9.17, 15) is 13.2 Å². The van der Waals surface area contributed by atoms with Gasteiger partial charge in [0, 0.05) is 30.8 Å². The van der Waals surface area contributed by atoms with Crippen LogP contribution in [0, 0.1) is 0 Å². The zero-order valence-corrected chi connectivity index (χ0v) is 16.0. The second-order valence-electron chi connectivity index (χ2n) is 6.18. The lowest BCUT2D eigenvalue weighted by molar-refractivity contribution is -0.140. The number of rotatable bonds is 5. The Morgan fingerprint density at radius 2 is 2.19 bits per heavy atom. The molecule has 2 aromatic rings. The molecule has 3 rings (SSSR count). The SMILES string of the molecule is CCNC(=NCc1nc(C(F)(F)F)cs1)NC1CCc2nc(CC)nn2C1. The van der Waals surface area contributed by atoms with Crippen molar-refractivity contribution >= 4 is 17.3 Å². The van der Waals surface area contributed by atoms with Gasteiger partial charge in [-0.15, -0.1) is 11.3 Å². The van der Waals surface area contributed by atoms with E-state index in [0.717, 1.165) is 47.6 Å². The number of nitrogens with zero attached hydrogens (tertiary/aromatic N) is 5. The van der Waals surface area contributed by atoms with Crippen molar-refractivity contribution in [2.24, 2.45) is 4.99 Å². The number of guanidine groups is 1. The van der Waals surface area contributed by atoms with Crippen LogP contribution in [0.4, 0.5) is 13.2 Å². The van der Waals surface area contributed by atoms with Crippen LogP contribution in [-0.4, -0.2) is 38.3 Å². The number of halogens is 3. The molecular weight excluding hydrogens is 379 g/mol. The van der Waals surface area contributed by atoms with Gasteiger partial charge in [0.15, 0.2) is 17.5 Å². The Morgan fingerprint density at radius 1 is 1.37 bits per heavy atom. The van der Waals surface area contributed by atoms with Crippen molar-refractivity contribution in [2.45, 2.75) is 58.4 Å². The van der Waals surface area contributed by atoms with Crippen LogP contribution in [0.1, 0.15) is 42.6 Å². The van der Waals surface area contributed by atoms with Gasteiger partial charge >= 0.3 is 6.18 Å². The summed E-state index contributed by atoms with van der Waals surface area (Å²) >= 11 is 0.962. The molecule has 0 amide bonds. The van der Waals surface area contributed by atoms with Crippen LogP contribution in [0.25, 0.3) is 0 Å². The predicted molar refractivity (Wildman–Crippen MR) is 96.6 cm³/mol. The first kappa shape index (κ1) is 19.6. The number of hydrogen-bond donors (Lipinski definition) is 2. The van der Waals surface area contributed by atoms with E-state index in [1.807, 2.05) is 18.5 Å². The van der Waals surface area contributed by atoms with Gasteiger partial charge in [-0.3, -0.25) is 0 Å². The van der Waals surface area contributed by atoms with E-state index in [0.29, 0.717) is 24.1 Å². The van der Waals surface area contributed by atoms with Crippen molar-refractivity contribution in [2.75, 3.05) is 6.54 Å². The number of fused-ring (bicyclic) bond motifs is 1. The monoisotopic (exact) mass is 401 g/mol. The fourth-order valence-electron chi connectivity index (χ4n) is 2.80. The van der Waals surface area contributed by atoms with Crippen LogP contribution in [0.5, 0.6) is 0 Å². The first-order valence-corrected chi connectivity index (χ1v) is 9.76. The van der Waals surface area contributed by atoms with Gasteiger partial charge in [0.1, 0.15) is 10.8 Å². The standard InChI is InChI=1S/C16H22F3N7S/c1-3-12-24-13-6-5-10(8-26(13)25-12)22-15(20-4-2)21-7-14-23-11(9-27-14)16(17,18)19/h9-10H,3-8H2,1-2H3,(H2,20,21,22). The van der Waals surface area contributed by atoms with Gasteiger partial charge in [0.2, 0.25) is 0 Å². The van der Waals surface area contributed by atoms with E-state index < -0.39 is 11.9 Å². The lowest BCUT2D eigenvalue weighted by Crippen LogP contribution is -2.47. The molecule has 27 heavy (non-hydrogen) atoms. The highest BCUT2D eigenvalue weighted by atomic mass is 32.1. The van der Waals surface area contributed by atoms with Crippen LogP contribution < -0.4 is 10.6 Å². The first-order valence-electron chi connectivity index (χ1n) is 8.88. The van der Waals surface area contributed by atoms with Crippen molar-refractivity contribution in [3.8, 4) is 0 Å². The fourth-order valence-corrected chi connectivity index (χ4v) is 3.53. The maximum Gasteiger partial charge on any atom is 0.434 e. The summed E-state index contributed by atoms with van der Waals surface area (Å²) in [6, 6.07) is 0.128. The molecule has 0 saturated heterocycles. The Morgan fingerprint density at radius 3 is 2.85 bits per heavy atom. The normalized spacial score (nSPS) is 17.7. The van der Waals surface area contributed by atoms with E-state index >= 15 is 0 Å². The summed E-state index contributed by atoms with van der Waals surface area (Å²) in [7, 11) is 0. The van der Waals surface area contributed by atoms with Gasteiger partial charge in [-0.25, -0.2) is 19.6 Å². The Kier molecular flexibility index (Phi) is 5.98. The molecular formula is C16H22F3N7S. The van der Waals surface area contributed by atoms with E-state index in [1.54, 1.807) is 0 Å². The van der Waals surface area contributed by atoms with Gasteiger partial charge in [-0.2, -0.15) is 18.3 Å². The zero-order chi connectivity index (χ0) is 19.4. The summed E-state index contributed by atoms with van der Waals surface area (Å²) in [5.74, 6) is 2.40. The molecule has 0 radical (unpaired) electrons. The summed E-state index contributed by atoms with van der Waals surface area (Å²) in [4.78, 5) is 12.5. The molecule has 0 fully saturated rings. The summed E-state index contributed by atoms with van der Waals surface area (Å²) in [6.07, 6.45) is -1.90. The number of alkyl halides is 3. The average molecular weight is 401 g/mol. The van der Waals surface area contributed by atoms with Crippen LogP contribution in [-0.2, 0) is 32.1 Å². The van der Waals surface area contributed by atoms with E-state index in [1.165, 1.54) is 0 Å². The Balaban J connectivity index is 1.63. The lowest BCUT2D eigenvalue weighted by atomic mass is 10.1. The molecule has 1 unspecified atom stereocenters. The molecule has 7 nitrogen and oxygen atoms in total. The second-order valence-corrected chi connectivity index (χ2v) is 7.12. The van der Waals surface area contributed by atoms with Crippen LogP contribution in [0.2, 0.25) is 0 Å². The topological polar surface area (TPSA) is 80.0 Å². The number of thiazole rings is 1. The third-order valence-electron chi connectivity index (χ3n) is 4.12. The van der Waals surface area contributed by atoms with E-state index in [2.05, 4.69) is 30.7 Å². The first-order chi connectivity index (χ1) is 12.9. The molecule has 11 heteroatoms. The lowest BCUT2D eigenvalue weighted by Gasteiger charge is -2.25. The number of aromatic nitrogens is 4. The fraction of sp³-hybridized carbons (Fsp3) is 0.625. The average Bonchev–Trinajstić information content (AvgIpc) is 3.25. The third kappa shape index (κ3) is 4.96. The number of nitrogens with one attached hydrogen (secondary N) is 2. The number of aryl methyl sites for hydroxylation is 2. The zero-order valence-electron chi connectivity index (χ0n) is 15.2. The van der Waals surface area contributed by atoms with Gasteiger partial charge in [0.25, 0.3) is 0 Å². The summed E-state index contributed by atoms with van der Waals surface area (Å²) < 4.78 is 39.9. The Labute approximate surface area is 159 Å². The molecule has 3 heterocycles. The molecule has 148 valence electrons. The minimum Gasteiger partial charge on any atom is -0.357 e. The molecule has 0 aromatic carbocycles. The minimum absolute atomic E-state index is 0.0946. The third-order valence-corrected chi connectivity index (χ3v) is 4.95. The summed E-state index contributed by atoms with van der Waals surface area (Å²) in [6.45, 7) is 5.39. The van der Waals surface area contributed by atoms with Crippen molar-refractivity contribution in [3.05, 3.63) is 27.7 Å². The smallest absolute Gasteiger partial charge is 0.357 e. The Bertz CT molecular complexity index is 796. The van der Waals surface area contributed by atoms with Gasteiger partial charge in [-0.05, 0) is 13.3 Å². The molecule has 0 bridgehead atoms. The van der Waals surface area contributed by atoms with Crippen molar-refractivity contribution in [1.29, 1.82) is 0 Å². The van der Waals surface area contributed by atoms with Crippen LogP contribution >= 0.6 is 11.3 Å². The van der Waals surface area contributed by atoms with Crippen molar-refractivity contribution in [1.82, 2.24) is 30.4 Å². The van der Waals surface area contributed by atoms with Crippen molar-refractivity contribution < 1.29 is 13.2 Å². The van der Waals surface area contributed by atoms with Crippen LogP contribution in [0.3, 0.4) is 0 Å². The molecule has 1 aliphatic heterocycles. The number of aliphatic imine (C=N–C) groups is 1. The molecule has 2 aromatic heterocycles. The summed E-state index contributed by atoms with van der Waals surface area (Å²) in [5, 5.41) is 12.3. The minimum atomic E-state index is -4.42. The molecule has 2 N–H and O–H groups in total. The van der Waals surface area contributed by atoms with Gasteiger partial charge < -0.3 is 10.6 Å². The van der Waals surface area contributed by atoms with E-state index in [-0.39, 0.29) is 12.6 Å². The molecule has 1 aliphatic rings. The quantitative estimate of drug-likeness (QED) is 0.594. The summed E-state index contributed by atoms with van der Waals surface area (Å²) in [5.41, 5.74) is -0.867. The van der Waals surface area contributed by atoms with E-state index in [4.69, 9.17) is 0 Å². The maximum atomic E-state index is 12.6. The molecule has 1 atom stereocenters. The largest absolute Gasteiger partial charge is 0.434 e. The molecule has 0 aliphatic carbocycles. The van der Waals surface area contributed by atoms with Gasteiger partial charge in [0.05, 0.1) is 13.1 Å². The van der Waals surface area contributed by atoms with Gasteiger partial charge in [-0.1, -0.05) is 6.92 Å². The Hall–Kier alpha value is -2.17.